The number of hydrogen-bond donors (Lipinski definition) is 1. The van der Waals surface area contributed by atoms with Gasteiger partial charge in [0, 0.05) is 31.7 Å². The predicted octanol–water partition coefficient (Wildman–Crippen LogP) is 1.40. The predicted molar refractivity (Wildman–Crippen MR) is 70.9 cm³/mol. The molecule has 0 saturated carbocycles. The number of rotatable bonds is 6. The van der Waals surface area contributed by atoms with E-state index in [1.54, 1.807) is 0 Å². The van der Waals surface area contributed by atoms with E-state index in [1.165, 1.54) is 45.4 Å². The Balaban J connectivity index is 2.21. The molecule has 2 atom stereocenters. The molecule has 3 heteroatoms. The summed E-state index contributed by atoms with van der Waals surface area (Å²) in [6, 6.07) is 1.42. The second-order valence-electron chi connectivity index (χ2n) is 5.17. The minimum Gasteiger partial charge on any atom is -0.316 e. The molecule has 1 aliphatic rings. The van der Waals surface area contributed by atoms with Crippen LogP contribution in [0.25, 0.3) is 0 Å². The number of nitrogens with zero attached hydrogens (tertiary/aromatic N) is 2. The lowest BCUT2D eigenvalue weighted by Gasteiger charge is -2.34. The summed E-state index contributed by atoms with van der Waals surface area (Å²) in [7, 11) is 4.33. The molecular weight excluding hydrogens is 198 g/mol. The fourth-order valence-electron chi connectivity index (χ4n) is 2.33. The number of likely N-dealkylation sites (N-methyl/N-ethyl adjacent to an activating group) is 2. The fraction of sp³-hybridized carbons (Fsp3) is 1.00. The molecule has 0 bridgehead atoms. The SMILES string of the molecule is CCC(C)N(C)CCN1CCCC(NC)C1. The lowest BCUT2D eigenvalue weighted by Crippen LogP contribution is -2.47. The van der Waals surface area contributed by atoms with Crippen molar-refractivity contribution in [2.75, 3.05) is 40.3 Å². The van der Waals surface area contributed by atoms with Crippen LogP contribution in [0, 0.1) is 0 Å². The van der Waals surface area contributed by atoms with Crippen LogP contribution in [-0.4, -0.2) is 62.2 Å². The summed E-state index contributed by atoms with van der Waals surface area (Å²) in [5.41, 5.74) is 0. The normalized spacial score (nSPS) is 24.9. The van der Waals surface area contributed by atoms with E-state index >= 15 is 0 Å². The van der Waals surface area contributed by atoms with Crippen LogP contribution >= 0.6 is 0 Å². The molecular formula is C13H29N3. The smallest absolute Gasteiger partial charge is 0.0192 e. The molecule has 0 spiro atoms. The van der Waals surface area contributed by atoms with Gasteiger partial charge in [0.25, 0.3) is 0 Å². The molecule has 3 nitrogen and oxygen atoms in total. The Hall–Kier alpha value is -0.120. The van der Waals surface area contributed by atoms with Crippen LogP contribution in [-0.2, 0) is 0 Å². The van der Waals surface area contributed by atoms with Crippen molar-refractivity contribution in [1.29, 1.82) is 0 Å². The van der Waals surface area contributed by atoms with Gasteiger partial charge in [0.2, 0.25) is 0 Å². The first-order valence-corrected chi connectivity index (χ1v) is 6.77. The minimum atomic E-state index is 0.711. The van der Waals surface area contributed by atoms with Crippen molar-refractivity contribution in [3.05, 3.63) is 0 Å². The van der Waals surface area contributed by atoms with Crippen LogP contribution < -0.4 is 5.32 Å². The number of hydrogen-bond acceptors (Lipinski definition) is 3. The van der Waals surface area contributed by atoms with E-state index in [0.717, 1.165) is 0 Å². The van der Waals surface area contributed by atoms with E-state index in [2.05, 4.69) is 43.1 Å². The Labute approximate surface area is 101 Å². The van der Waals surface area contributed by atoms with Crippen LogP contribution in [0.2, 0.25) is 0 Å². The average Bonchev–Trinajstić information content (AvgIpc) is 2.35. The second kappa shape index (κ2) is 7.25. The van der Waals surface area contributed by atoms with Gasteiger partial charge in [0.15, 0.2) is 0 Å². The van der Waals surface area contributed by atoms with Crippen molar-refractivity contribution in [3.63, 3.8) is 0 Å². The van der Waals surface area contributed by atoms with Crippen molar-refractivity contribution in [1.82, 2.24) is 15.1 Å². The lowest BCUT2D eigenvalue weighted by atomic mass is 10.1. The monoisotopic (exact) mass is 227 g/mol. The number of piperidine rings is 1. The topological polar surface area (TPSA) is 18.5 Å². The molecule has 2 unspecified atom stereocenters. The quantitative estimate of drug-likeness (QED) is 0.740. The largest absolute Gasteiger partial charge is 0.316 e. The molecule has 0 aromatic heterocycles. The molecule has 0 amide bonds. The van der Waals surface area contributed by atoms with Gasteiger partial charge in [0.1, 0.15) is 0 Å². The zero-order valence-corrected chi connectivity index (χ0v) is 11.5. The van der Waals surface area contributed by atoms with Crippen molar-refractivity contribution < 1.29 is 0 Å². The van der Waals surface area contributed by atoms with Crippen LogP contribution in [0.15, 0.2) is 0 Å². The maximum Gasteiger partial charge on any atom is 0.0192 e. The lowest BCUT2D eigenvalue weighted by molar-refractivity contribution is 0.157. The van der Waals surface area contributed by atoms with Crippen LogP contribution in [0.3, 0.4) is 0 Å². The van der Waals surface area contributed by atoms with Crippen LogP contribution in [0.4, 0.5) is 0 Å². The maximum atomic E-state index is 3.40. The molecule has 1 heterocycles. The molecule has 0 radical (unpaired) electrons. The third-order valence-corrected chi connectivity index (χ3v) is 4.03. The van der Waals surface area contributed by atoms with Crippen molar-refractivity contribution >= 4 is 0 Å². The van der Waals surface area contributed by atoms with Crippen LogP contribution in [0.5, 0.6) is 0 Å². The summed E-state index contributed by atoms with van der Waals surface area (Å²) < 4.78 is 0. The molecule has 1 fully saturated rings. The van der Waals surface area contributed by atoms with Crippen LogP contribution in [0.1, 0.15) is 33.1 Å². The number of nitrogens with one attached hydrogen (secondary N) is 1. The highest BCUT2D eigenvalue weighted by molar-refractivity contribution is 4.77. The van der Waals surface area contributed by atoms with Gasteiger partial charge in [-0.25, -0.2) is 0 Å². The Morgan fingerprint density at radius 3 is 2.88 bits per heavy atom. The molecule has 1 N–H and O–H groups in total. The Kier molecular flexibility index (Phi) is 6.32. The van der Waals surface area contributed by atoms with Gasteiger partial charge in [-0.1, -0.05) is 6.92 Å². The average molecular weight is 227 g/mol. The summed E-state index contributed by atoms with van der Waals surface area (Å²) in [6.07, 6.45) is 3.93. The molecule has 0 aliphatic carbocycles. The van der Waals surface area contributed by atoms with Gasteiger partial charge < -0.3 is 15.1 Å². The third-order valence-electron chi connectivity index (χ3n) is 4.03. The van der Waals surface area contributed by atoms with Crippen molar-refractivity contribution in [3.8, 4) is 0 Å². The maximum absolute atomic E-state index is 3.40. The Morgan fingerprint density at radius 2 is 2.25 bits per heavy atom. The van der Waals surface area contributed by atoms with Crippen molar-refractivity contribution in [2.45, 2.75) is 45.2 Å². The Bertz CT molecular complexity index is 184. The highest BCUT2D eigenvalue weighted by atomic mass is 15.2. The van der Waals surface area contributed by atoms with E-state index in [0.29, 0.717) is 12.1 Å². The summed E-state index contributed by atoms with van der Waals surface area (Å²) in [5, 5.41) is 3.40. The summed E-state index contributed by atoms with van der Waals surface area (Å²) >= 11 is 0. The van der Waals surface area contributed by atoms with Gasteiger partial charge in [-0.15, -0.1) is 0 Å². The van der Waals surface area contributed by atoms with E-state index in [-0.39, 0.29) is 0 Å². The zero-order valence-electron chi connectivity index (χ0n) is 11.5. The number of likely N-dealkylation sites (tertiary alicyclic amines) is 1. The molecule has 0 aromatic rings. The first-order valence-electron chi connectivity index (χ1n) is 6.77. The standard InChI is InChI=1S/C13H29N3/c1-5-12(2)15(4)9-10-16-8-6-7-13(11-16)14-3/h12-14H,5-11H2,1-4H3. The first-order chi connectivity index (χ1) is 7.67. The van der Waals surface area contributed by atoms with Crippen molar-refractivity contribution in [2.24, 2.45) is 0 Å². The van der Waals surface area contributed by atoms with E-state index in [9.17, 15) is 0 Å². The summed E-state index contributed by atoms with van der Waals surface area (Å²) in [6.45, 7) is 9.51. The molecule has 0 aromatic carbocycles. The molecule has 96 valence electrons. The molecule has 16 heavy (non-hydrogen) atoms. The van der Waals surface area contributed by atoms with E-state index < -0.39 is 0 Å². The van der Waals surface area contributed by atoms with E-state index in [4.69, 9.17) is 0 Å². The highest BCUT2D eigenvalue weighted by Crippen LogP contribution is 2.09. The molecule has 1 aliphatic heterocycles. The minimum absolute atomic E-state index is 0.711. The van der Waals surface area contributed by atoms with E-state index in [1.807, 2.05) is 0 Å². The molecule has 1 rings (SSSR count). The zero-order chi connectivity index (χ0) is 12.0. The molecule has 1 saturated heterocycles. The summed E-state index contributed by atoms with van der Waals surface area (Å²) in [4.78, 5) is 5.08. The second-order valence-corrected chi connectivity index (χ2v) is 5.17. The Morgan fingerprint density at radius 1 is 1.50 bits per heavy atom. The summed E-state index contributed by atoms with van der Waals surface area (Å²) in [5.74, 6) is 0. The van der Waals surface area contributed by atoms with Gasteiger partial charge in [0.05, 0.1) is 0 Å². The van der Waals surface area contributed by atoms with Gasteiger partial charge >= 0.3 is 0 Å². The van der Waals surface area contributed by atoms with Gasteiger partial charge in [-0.05, 0) is 46.8 Å². The highest BCUT2D eigenvalue weighted by Gasteiger charge is 2.18. The third kappa shape index (κ3) is 4.40. The fourth-order valence-corrected chi connectivity index (χ4v) is 2.33. The van der Waals surface area contributed by atoms with Gasteiger partial charge in [-0.2, -0.15) is 0 Å². The first kappa shape index (κ1) is 13.9. The van der Waals surface area contributed by atoms with Gasteiger partial charge in [-0.3, -0.25) is 0 Å².